The van der Waals surface area contributed by atoms with Gasteiger partial charge in [0.2, 0.25) is 11.8 Å². The molecule has 0 saturated carbocycles. The number of rotatable bonds is 7. The molecule has 1 aromatic heterocycles. The highest BCUT2D eigenvalue weighted by Gasteiger charge is 2.15. The normalized spacial score (nSPS) is 12.1. The minimum atomic E-state index is -0.0820. The van der Waals surface area contributed by atoms with Crippen molar-refractivity contribution < 1.29 is 14.3 Å². The van der Waals surface area contributed by atoms with Gasteiger partial charge in [-0.25, -0.2) is 4.98 Å². The van der Waals surface area contributed by atoms with Gasteiger partial charge in [-0.2, -0.15) is 0 Å². The summed E-state index contributed by atoms with van der Waals surface area (Å²) in [5.74, 6) is 1.12. The number of carbonyl (C=O) groups is 1. The van der Waals surface area contributed by atoms with Crippen molar-refractivity contribution >= 4 is 5.91 Å². The van der Waals surface area contributed by atoms with E-state index in [4.69, 9.17) is 9.52 Å². The van der Waals surface area contributed by atoms with Crippen molar-refractivity contribution in [3.63, 3.8) is 0 Å². The minimum absolute atomic E-state index is 0.0421. The Morgan fingerprint density at radius 1 is 1.36 bits per heavy atom. The van der Waals surface area contributed by atoms with E-state index in [-0.39, 0.29) is 25.0 Å². The zero-order chi connectivity index (χ0) is 15.9. The van der Waals surface area contributed by atoms with Crippen molar-refractivity contribution in [1.29, 1.82) is 0 Å². The quantitative estimate of drug-likeness (QED) is 0.824. The summed E-state index contributed by atoms with van der Waals surface area (Å²) in [6, 6.07) is 9.66. The van der Waals surface area contributed by atoms with Gasteiger partial charge >= 0.3 is 0 Å². The Hall–Kier alpha value is -2.14. The lowest BCUT2D eigenvalue weighted by molar-refractivity contribution is -0.121. The molecule has 1 atom stereocenters. The molecule has 5 nitrogen and oxygen atoms in total. The Morgan fingerprint density at radius 3 is 2.77 bits per heavy atom. The molecule has 1 amide bonds. The highest BCUT2D eigenvalue weighted by Crippen LogP contribution is 2.21. The summed E-state index contributed by atoms with van der Waals surface area (Å²) in [6.07, 6.45) is 1.64. The van der Waals surface area contributed by atoms with E-state index >= 15 is 0 Å². The third kappa shape index (κ3) is 4.43. The monoisotopic (exact) mass is 302 g/mol. The molecule has 118 valence electrons. The van der Waals surface area contributed by atoms with Crippen LogP contribution in [0.1, 0.15) is 31.2 Å². The summed E-state index contributed by atoms with van der Waals surface area (Å²) in [7, 11) is 0. The summed E-state index contributed by atoms with van der Waals surface area (Å²) in [6.45, 7) is 3.89. The summed E-state index contributed by atoms with van der Waals surface area (Å²) in [4.78, 5) is 16.5. The maximum absolute atomic E-state index is 12.0. The Balaban J connectivity index is 1.98. The number of aromatic nitrogens is 1. The molecule has 1 heterocycles. The van der Waals surface area contributed by atoms with Crippen LogP contribution < -0.4 is 5.32 Å². The lowest BCUT2D eigenvalue weighted by Crippen LogP contribution is -2.34. The standard InChI is InChI=1S/C17H22N2O3/c1-12(7-6-10-20)18-16(21)11-15-13(2)22-17(19-15)14-8-4-3-5-9-14/h3-5,8-9,12,20H,6-7,10-11H2,1-2H3,(H,18,21)/t12-/m0/s1. The SMILES string of the molecule is Cc1oc(-c2ccccc2)nc1CC(=O)N[C@@H](C)CCCO. The molecule has 0 spiro atoms. The minimum Gasteiger partial charge on any atom is -0.441 e. The lowest BCUT2D eigenvalue weighted by Gasteiger charge is -2.12. The van der Waals surface area contributed by atoms with E-state index < -0.39 is 0 Å². The maximum Gasteiger partial charge on any atom is 0.226 e. The number of aliphatic hydroxyl groups excluding tert-OH is 1. The van der Waals surface area contributed by atoms with Crippen LogP contribution in [0.15, 0.2) is 34.7 Å². The number of hydrogen-bond acceptors (Lipinski definition) is 4. The van der Waals surface area contributed by atoms with Crippen molar-refractivity contribution in [2.24, 2.45) is 0 Å². The highest BCUT2D eigenvalue weighted by atomic mass is 16.4. The third-order valence-corrected chi connectivity index (χ3v) is 3.44. The number of hydrogen-bond donors (Lipinski definition) is 2. The zero-order valence-corrected chi connectivity index (χ0v) is 13.0. The number of benzene rings is 1. The van der Waals surface area contributed by atoms with Gasteiger partial charge in [-0.05, 0) is 38.8 Å². The number of amides is 1. The molecule has 2 rings (SSSR count). The number of nitrogens with zero attached hydrogens (tertiary/aromatic N) is 1. The first kappa shape index (κ1) is 16.2. The van der Waals surface area contributed by atoms with Crippen LogP contribution >= 0.6 is 0 Å². The second-order valence-electron chi connectivity index (χ2n) is 5.40. The van der Waals surface area contributed by atoms with Gasteiger partial charge in [0.05, 0.1) is 12.1 Å². The molecule has 0 aliphatic carbocycles. The number of oxazole rings is 1. The van der Waals surface area contributed by atoms with Gasteiger partial charge in [0.25, 0.3) is 0 Å². The topological polar surface area (TPSA) is 75.4 Å². The van der Waals surface area contributed by atoms with Crippen LogP contribution in [0, 0.1) is 6.92 Å². The van der Waals surface area contributed by atoms with Gasteiger partial charge in [-0.1, -0.05) is 18.2 Å². The molecule has 0 saturated heterocycles. The van der Waals surface area contributed by atoms with Crippen LogP contribution in [0.2, 0.25) is 0 Å². The third-order valence-electron chi connectivity index (χ3n) is 3.44. The molecular formula is C17H22N2O3. The van der Waals surface area contributed by atoms with Gasteiger partial charge in [-0.15, -0.1) is 0 Å². The Labute approximate surface area is 130 Å². The van der Waals surface area contributed by atoms with Gasteiger partial charge < -0.3 is 14.8 Å². The van der Waals surface area contributed by atoms with E-state index in [0.717, 1.165) is 12.0 Å². The molecule has 2 aromatic rings. The van der Waals surface area contributed by atoms with Crippen LogP contribution in [0.5, 0.6) is 0 Å². The van der Waals surface area contributed by atoms with Gasteiger partial charge in [0.15, 0.2) is 0 Å². The van der Waals surface area contributed by atoms with E-state index in [9.17, 15) is 4.79 Å². The fourth-order valence-corrected chi connectivity index (χ4v) is 2.24. The average Bonchev–Trinajstić information content (AvgIpc) is 2.87. The highest BCUT2D eigenvalue weighted by molar-refractivity contribution is 5.78. The fraction of sp³-hybridized carbons (Fsp3) is 0.412. The molecule has 0 bridgehead atoms. The molecule has 0 fully saturated rings. The molecule has 5 heteroatoms. The Morgan fingerprint density at radius 2 is 2.09 bits per heavy atom. The van der Waals surface area contributed by atoms with E-state index in [1.165, 1.54) is 0 Å². The molecule has 0 radical (unpaired) electrons. The van der Waals surface area contributed by atoms with E-state index in [1.54, 1.807) is 0 Å². The van der Waals surface area contributed by atoms with Crippen LogP contribution in [0.3, 0.4) is 0 Å². The molecule has 22 heavy (non-hydrogen) atoms. The molecule has 0 aliphatic rings. The Bertz CT molecular complexity index is 608. The van der Waals surface area contributed by atoms with Crippen LogP contribution in [0.4, 0.5) is 0 Å². The van der Waals surface area contributed by atoms with Crippen LogP contribution in [-0.4, -0.2) is 28.6 Å². The first-order valence-corrected chi connectivity index (χ1v) is 7.52. The second kappa shape index (κ2) is 7.75. The summed E-state index contributed by atoms with van der Waals surface area (Å²) < 4.78 is 5.65. The fourth-order valence-electron chi connectivity index (χ4n) is 2.24. The number of nitrogens with one attached hydrogen (secondary N) is 1. The van der Waals surface area contributed by atoms with Gasteiger partial charge in [0.1, 0.15) is 5.76 Å². The van der Waals surface area contributed by atoms with Crippen molar-refractivity contribution in [2.75, 3.05) is 6.61 Å². The van der Waals surface area contributed by atoms with Crippen LogP contribution in [-0.2, 0) is 11.2 Å². The molecule has 1 aromatic carbocycles. The number of carbonyl (C=O) groups excluding carboxylic acids is 1. The first-order chi connectivity index (χ1) is 10.6. The van der Waals surface area contributed by atoms with Crippen molar-refractivity contribution in [3.05, 3.63) is 41.8 Å². The first-order valence-electron chi connectivity index (χ1n) is 7.52. The number of aliphatic hydroxyl groups is 1. The predicted molar refractivity (Wildman–Crippen MR) is 84.3 cm³/mol. The van der Waals surface area contributed by atoms with Crippen molar-refractivity contribution in [1.82, 2.24) is 10.3 Å². The smallest absolute Gasteiger partial charge is 0.226 e. The van der Waals surface area contributed by atoms with Crippen molar-refractivity contribution in [3.8, 4) is 11.5 Å². The number of aryl methyl sites for hydroxylation is 1. The van der Waals surface area contributed by atoms with E-state index in [1.807, 2.05) is 44.2 Å². The van der Waals surface area contributed by atoms with Gasteiger partial charge in [0, 0.05) is 18.2 Å². The Kier molecular flexibility index (Phi) is 5.72. The van der Waals surface area contributed by atoms with E-state index in [2.05, 4.69) is 10.3 Å². The summed E-state index contributed by atoms with van der Waals surface area (Å²) in [5, 5.41) is 11.7. The largest absolute Gasteiger partial charge is 0.441 e. The van der Waals surface area contributed by atoms with Crippen molar-refractivity contribution in [2.45, 2.75) is 39.2 Å². The molecular weight excluding hydrogens is 280 g/mol. The molecule has 0 unspecified atom stereocenters. The van der Waals surface area contributed by atoms with Crippen LogP contribution in [0.25, 0.3) is 11.5 Å². The molecule has 2 N–H and O–H groups in total. The van der Waals surface area contributed by atoms with E-state index in [0.29, 0.717) is 23.8 Å². The zero-order valence-electron chi connectivity index (χ0n) is 13.0. The predicted octanol–water partition coefficient (Wildman–Crippen LogP) is 2.47. The second-order valence-corrected chi connectivity index (χ2v) is 5.40. The maximum atomic E-state index is 12.0. The summed E-state index contributed by atoms with van der Waals surface area (Å²) in [5.41, 5.74) is 1.55. The lowest BCUT2D eigenvalue weighted by atomic mass is 10.1. The van der Waals surface area contributed by atoms with Gasteiger partial charge in [-0.3, -0.25) is 4.79 Å². The average molecular weight is 302 g/mol. The summed E-state index contributed by atoms with van der Waals surface area (Å²) >= 11 is 0. The molecule has 0 aliphatic heterocycles.